The smallest absolute Gasteiger partial charge is 0.430 e. The maximum Gasteiger partial charge on any atom is 0.430 e. The van der Waals surface area contributed by atoms with Crippen molar-refractivity contribution in [2.75, 3.05) is 6.54 Å². The van der Waals surface area contributed by atoms with Crippen molar-refractivity contribution in [3.63, 3.8) is 0 Å². The molecule has 0 atom stereocenters. The summed E-state index contributed by atoms with van der Waals surface area (Å²) in [5, 5.41) is 8.78. The summed E-state index contributed by atoms with van der Waals surface area (Å²) in [6, 6.07) is 8.71. The maximum atomic E-state index is 10.5. The Morgan fingerprint density at radius 3 is 2.48 bits per heavy atom. The molecule has 0 saturated heterocycles. The van der Waals surface area contributed by atoms with Gasteiger partial charge in [-0.05, 0) is 6.42 Å². The minimum Gasteiger partial charge on any atom is -0.542 e. The average molecular weight is 301 g/mol. The van der Waals surface area contributed by atoms with Gasteiger partial charge in [0.25, 0.3) is 0 Å². The summed E-state index contributed by atoms with van der Waals surface area (Å²) >= 11 is 0. The monoisotopic (exact) mass is 301 g/mol. The Morgan fingerprint density at radius 1 is 1.29 bits per heavy atom. The molecule has 0 fully saturated rings. The first-order valence-corrected chi connectivity index (χ1v) is 6.82. The molecule has 0 N–H and O–H groups in total. The first kappa shape index (κ1) is 17.2. The normalized spacial score (nSPS) is 13.0. The van der Waals surface area contributed by atoms with Crippen molar-refractivity contribution in [1.29, 1.82) is 0 Å². The van der Waals surface area contributed by atoms with Crippen LogP contribution in [-0.4, -0.2) is 29.5 Å². The number of aliphatic carboxylic acids is 1. The van der Waals surface area contributed by atoms with Crippen molar-refractivity contribution < 1.29 is 27.6 Å². The predicted molar refractivity (Wildman–Crippen MR) is 71.6 cm³/mol. The van der Waals surface area contributed by atoms with E-state index in [1.54, 1.807) is 0 Å². The van der Waals surface area contributed by atoms with Gasteiger partial charge in [-0.1, -0.05) is 31.5 Å². The average Bonchev–Trinajstić information content (AvgIpc) is 2.82. The molecule has 116 valence electrons. The fraction of sp³-hybridized carbons (Fsp3) is 0.467. The van der Waals surface area contributed by atoms with E-state index < -0.39 is 12.1 Å². The van der Waals surface area contributed by atoms with E-state index in [2.05, 4.69) is 42.0 Å². The van der Waals surface area contributed by atoms with Crippen LogP contribution < -0.4 is 5.11 Å². The van der Waals surface area contributed by atoms with E-state index in [9.17, 15) is 13.2 Å². The third kappa shape index (κ3) is 5.57. The van der Waals surface area contributed by atoms with Crippen LogP contribution in [-0.2, 0) is 11.2 Å². The summed E-state index contributed by atoms with van der Waals surface area (Å²) in [5.41, 5.74) is 2.90. The van der Waals surface area contributed by atoms with Crippen LogP contribution in [0.3, 0.4) is 0 Å². The summed E-state index contributed by atoms with van der Waals surface area (Å²) in [7, 11) is 0. The Balaban J connectivity index is 0.000000270. The number of alkyl halides is 3. The Kier molecular flexibility index (Phi) is 6.39. The van der Waals surface area contributed by atoms with Crippen molar-refractivity contribution in [2.24, 2.45) is 0 Å². The summed E-state index contributed by atoms with van der Waals surface area (Å²) in [6.45, 7) is 3.44. The summed E-state index contributed by atoms with van der Waals surface area (Å²) in [5.74, 6) is -3.01. The number of fused-ring (bicyclic) bond motifs is 1. The van der Waals surface area contributed by atoms with Gasteiger partial charge in [-0.25, -0.2) is 4.58 Å². The Morgan fingerprint density at radius 2 is 1.90 bits per heavy atom. The molecular formula is C15H18F3NO2. The maximum absolute atomic E-state index is 10.5. The molecule has 0 saturated carbocycles. The van der Waals surface area contributed by atoms with Crippen LogP contribution in [0.1, 0.15) is 31.7 Å². The Labute approximate surface area is 121 Å². The molecule has 2 rings (SSSR count). The fourth-order valence-electron chi connectivity index (χ4n) is 2.01. The van der Waals surface area contributed by atoms with Gasteiger partial charge in [0.2, 0.25) is 5.69 Å². The molecule has 0 radical (unpaired) electrons. The molecule has 1 aromatic rings. The molecule has 1 aliphatic rings. The van der Waals surface area contributed by atoms with Crippen molar-refractivity contribution in [2.45, 2.75) is 38.8 Å². The van der Waals surface area contributed by atoms with Gasteiger partial charge in [0.1, 0.15) is 18.7 Å². The van der Waals surface area contributed by atoms with Crippen molar-refractivity contribution in [1.82, 2.24) is 0 Å². The predicted octanol–water partition coefficient (Wildman–Crippen LogP) is 2.45. The quantitative estimate of drug-likeness (QED) is 0.633. The van der Waals surface area contributed by atoms with Gasteiger partial charge in [-0.3, -0.25) is 0 Å². The molecule has 1 heterocycles. The first-order chi connectivity index (χ1) is 9.86. The number of benzene rings is 1. The Bertz CT molecular complexity index is 510. The highest BCUT2D eigenvalue weighted by Crippen LogP contribution is 2.23. The summed E-state index contributed by atoms with van der Waals surface area (Å²) in [4.78, 5) is 8.78. The molecule has 0 unspecified atom stereocenters. The minimum absolute atomic E-state index is 1.11. The van der Waals surface area contributed by atoms with E-state index in [-0.39, 0.29) is 0 Å². The van der Waals surface area contributed by atoms with Gasteiger partial charge in [0, 0.05) is 18.1 Å². The molecular weight excluding hydrogens is 283 g/mol. The van der Waals surface area contributed by atoms with Crippen LogP contribution in [0.4, 0.5) is 18.9 Å². The SMILES string of the molecule is CCCCC[N+]1=CCc2ccccc21.O=C([O-])C(F)(F)F. The number of nitrogens with zero attached hydrogens (tertiary/aromatic N) is 1. The number of carboxylic acid groups (broad SMARTS) is 1. The van der Waals surface area contributed by atoms with Gasteiger partial charge < -0.3 is 9.90 Å². The van der Waals surface area contributed by atoms with Crippen molar-refractivity contribution in [3.8, 4) is 0 Å². The third-order valence-corrected chi connectivity index (χ3v) is 3.07. The van der Waals surface area contributed by atoms with Crippen LogP contribution >= 0.6 is 0 Å². The van der Waals surface area contributed by atoms with E-state index in [4.69, 9.17) is 9.90 Å². The van der Waals surface area contributed by atoms with Gasteiger partial charge in [-0.15, -0.1) is 0 Å². The fourth-order valence-corrected chi connectivity index (χ4v) is 2.01. The van der Waals surface area contributed by atoms with Crippen molar-refractivity contribution >= 4 is 17.9 Å². The zero-order valence-corrected chi connectivity index (χ0v) is 11.8. The molecule has 0 aromatic heterocycles. The van der Waals surface area contributed by atoms with E-state index in [0.717, 1.165) is 6.42 Å². The lowest BCUT2D eigenvalue weighted by Crippen LogP contribution is -2.37. The second-order valence-electron chi connectivity index (χ2n) is 4.70. The summed E-state index contributed by atoms with van der Waals surface area (Å²) in [6.07, 6.45) is 2.19. The number of hydrogen-bond acceptors (Lipinski definition) is 2. The number of carbonyl (C=O) groups is 1. The van der Waals surface area contributed by atoms with Crippen LogP contribution in [0.15, 0.2) is 24.3 Å². The largest absolute Gasteiger partial charge is 0.542 e. The summed E-state index contributed by atoms with van der Waals surface area (Å²) < 4.78 is 34.0. The number of unbranched alkanes of at least 4 members (excludes halogenated alkanes) is 2. The third-order valence-electron chi connectivity index (χ3n) is 3.07. The highest BCUT2D eigenvalue weighted by atomic mass is 19.4. The molecule has 0 aliphatic carbocycles. The van der Waals surface area contributed by atoms with E-state index >= 15 is 0 Å². The first-order valence-electron chi connectivity index (χ1n) is 6.82. The topological polar surface area (TPSA) is 43.1 Å². The minimum atomic E-state index is -5.19. The molecule has 6 heteroatoms. The van der Waals surface area contributed by atoms with Gasteiger partial charge in [-0.2, -0.15) is 13.2 Å². The van der Waals surface area contributed by atoms with Gasteiger partial charge in [0.05, 0.1) is 6.42 Å². The van der Waals surface area contributed by atoms with Gasteiger partial charge in [0.15, 0.2) is 0 Å². The second kappa shape index (κ2) is 7.81. The molecule has 1 aliphatic heterocycles. The molecule has 3 nitrogen and oxygen atoms in total. The molecule has 0 spiro atoms. The van der Waals surface area contributed by atoms with Crippen LogP contribution in [0.25, 0.3) is 0 Å². The molecule has 21 heavy (non-hydrogen) atoms. The van der Waals surface area contributed by atoms with Crippen LogP contribution in [0.5, 0.6) is 0 Å². The number of carboxylic acids is 1. The standard InChI is InChI=1S/C13H18N.C2HF3O2/c1-2-3-6-10-14-11-9-12-7-4-5-8-13(12)14;3-2(4,5)1(6)7/h4-5,7-8,11H,2-3,6,9-10H2,1H3;(H,6,7)/q+1;/p-1. The highest BCUT2D eigenvalue weighted by Gasteiger charge is 2.28. The van der Waals surface area contributed by atoms with Crippen molar-refractivity contribution in [3.05, 3.63) is 29.8 Å². The Hall–Kier alpha value is -1.85. The van der Waals surface area contributed by atoms with E-state index in [0.29, 0.717) is 0 Å². The lowest BCUT2D eigenvalue weighted by atomic mass is 10.1. The second-order valence-corrected chi connectivity index (χ2v) is 4.70. The number of hydrogen-bond donors (Lipinski definition) is 0. The number of para-hydroxylation sites is 1. The van der Waals surface area contributed by atoms with Crippen LogP contribution in [0.2, 0.25) is 0 Å². The zero-order valence-electron chi connectivity index (χ0n) is 11.8. The molecule has 0 bridgehead atoms. The highest BCUT2D eigenvalue weighted by molar-refractivity contribution is 5.70. The number of halogens is 3. The lowest BCUT2D eigenvalue weighted by Gasteiger charge is -2.03. The lowest BCUT2D eigenvalue weighted by molar-refractivity contribution is -0.433. The molecule has 1 aromatic carbocycles. The molecule has 0 amide bonds. The zero-order chi connectivity index (χ0) is 15.9. The van der Waals surface area contributed by atoms with Crippen LogP contribution in [0, 0.1) is 0 Å². The van der Waals surface area contributed by atoms with Gasteiger partial charge >= 0.3 is 6.18 Å². The van der Waals surface area contributed by atoms with E-state index in [1.165, 1.54) is 37.1 Å². The number of carbonyl (C=O) groups excluding carboxylic acids is 1. The van der Waals surface area contributed by atoms with E-state index in [1.807, 2.05) is 0 Å². The number of rotatable bonds is 4.